The number of hydrogen-bond acceptors (Lipinski definition) is 6. The van der Waals surface area contributed by atoms with E-state index in [4.69, 9.17) is 14.2 Å². The summed E-state index contributed by atoms with van der Waals surface area (Å²) >= 11 is 0. The van der Waals surface area contributed by atoms with Gasteiger partial charge in [-0.15, -0.1) is 0 Å². The summed E-state index contributed by atoms with van der Waals surface area (Å²) in [5, 5.41) is 0. The van der Waals surface area contributed by atoms with Crippen molar-refractivity contribution >= 4 is 17.9 Å². The van der Waals surface area contributed by atoms with Gasteiger partial charge in [0.05, 0.1) is 0 Å². The number of rotatable bonds is 59. The molecule has 0 aliphatic heterocycles. The van der Waals surface area contributed by atoms with Crippen LogP contribution in [0.2, 0.25) is 0 Å². The second-order valence-corrected chi connectivity index (χ2v) is 21.6. The number of hydrogen-bond donors (Lipinski definition) is 0. The Kier molecular flexibility index (Phi) is 61.2. The molecule has 0 N–H and O–H groups in total. The van der Waals surface area contributed by atoms with Crippen molar-refractivity contribution in [2.45, 2.75) is 329 Å². The molecule has 0 aromatic heterocycles. The minimum absolute atomic E-state index is 0.0771. The van der Waals surface area contributed by atoms with Crippen LogP contribution in [-0.2, 0) is 28.6 Å². The van der Waals surface area contributed by atoms with Crippen LogP contribution in [0, 0.1) is 0 Å². The zero-order chi connectivity index (χ0) is 55.0. The molecule has 0 aliphatic rings. The average molecular weight is 1060 g/mol. The highest BCUT2D eigenvalue weighted by Crippen LogP contribution is 2.17. The summed E-state index contributed by atoms with van der Waals surface area (Å²) in [4.78, 5) is 38.2. The summed E-state index contributed by atoms with van der Waals surface area (Å²) in [5.41, 5.74) is 0. The quantitative estimate of drug-likeness (QED) is 0.0261. The lowest BCUT2D eigenvalue weighted by Crippen LogP contribution is -2.30. The van der Waals surface area contributed by atoms with Crippen LogP contribution < -0.4 is 0 Å². The Balaban J connectivity index is 4.10. The van der Waals surface area contributed by atoms with Crippen molar-refractivity contribution in [3.05, 3.63) is 85.1 Å². The van der Waals surface area contributed by atoms with E-state index in [0.717, 1.165) is 122 Å². The number of ether oxygens (including phenoxy) is 3. The fourth-order valence-electron chi connectivity index (χ4n) is 9.27. The highest BCUT2D eigenvalue weighted by atomic mass is 16.6. The van der Waals surface area contributed by atoms with Crippen LogP contribution in [0.5, 0.6) is 0 Å². The number of esters is 3. The van der Waals surface area contributed by atoms with Crippen LogP contribution in [0.15, 0.2) is 85.1 Å². The molecule has 1 unspecified atom stereocenters. The van der Waals surface area contributed by atoms with Crippen LogP contribution in [0.3, 0.4) is 0 Å². The van der Waals surface area contributed by atoms with Gasteiger partial charge >= 0.3 is 17.9 Å². The molecule has 0 saturated heterocycles. The third kappa shape index (κ3) is 61.4. The number of unbranched alkanes of at least 4 members (excludes halogenated alkanes) is 34. The third-order valence-corrected chi connectivity index (χ3v) is 14.1. The summed E-state index contributed by atoms with van der Waals surface area (Å²) in [6.07, 6.45) is 84.7. The molecule has 0 bridgehead atoms. The molecule has 0 aromatic carbocycles. The molecule has 0 radical (unpaired) electrons. The number of allylic oxidation sites excluding steroid dienone is 14. The molecule has 76 heavy (non-hydrogen) atoms. The Bertz CT molecular complexity index is 1450. The zero-order valence-corrected chi connectivity index (χ0v) is 50.3. The van der Waals surface area contributed by atoms with E-state index in [1.165, 1.54) is 161 Å². The lowest BCUT2D eigenvalue weighted by Gasteiger charge is -2.18. The van der Waals surface area contributed by atoms with Gasteiger partial charge in [0.25, 0.3) is 0 Å². The van der Waals surface area contributed by atoms with Gasteiger partial charge in [-0.3, -0.25) is 14.4 Å². The average Bonchev–Trinajstić information content (AvgIpc) is 3.42. The molecule has 0 spiro atoms. The first-order chi connectivity index (χ1) is 37.5. The van der Waals surface area contributed by atoms with Gasteiger partial charge < -0.3 is 14.2 Å². The molecule has 6 heteroatoms. The van der Waals surface area contributed by atoms with Crippen LogP contribution in [0.25, 0.3) is 0 Å². The van der Waals surface area contributed by atoms with Crippen LogP contribution >= 0.6 is 0 Å². The summed E-state index contributed by atoms with van der Waals surface area (Å²) in [5.74, 6) is -0.878. The first kappa shape index (κ1) is 72.6. The largest absolute Gasteiger partial charge is 0.462 e. The van der Waals surface area contributed by atoms with Crippen molar-refractivity contribution in [1.82, 2.24) is 0 Å². The number of carbonyl (C=O) groups is 3. The first-order valence-corrected chi connectivity index (χ1v) is 32.6. The lowest BCUT2D eigenvalue weighted by atomic mass is 10.0. The smallest absolute Gasteiger partial charge is 0.306 e. The van der Waals surface area contributed by atoms with E-state index in [2.05, 4.69) is 106 Å². The molecule has 0 aliphatic carbocycles. The molecule has 0 saturated carbocycles. The Morgan fingerprint density at radius 3 is 0.855 bits per heavy atom. The van der Waals surface area contributed by atoms with Gasteiger partial charge in [0.1, 0.15) is 13.2 Å². The van der Waals surface area contributed by atoms with Gasteiger partial charge in [0, 0.05) is 19.3 Å². The van der Waals surface area contributed by atoms with Crippen molar-refractivity contribution in [2.24, 2.45) is 0 Å². The topological polar surface area (TPSA) is 78.9 Å². The SMILES string of the molecule is CC/C=C\C/C=C\C/C=C\C/C=C\C/C=C\CCCCCCCCCCCCCCCCCCCC(=O)OCC(COC(=O)CCCCCCCCCCCCCC)OC(=O)CCCCCCC/C=C\C/C=C\CCC. The Labute approximate surface area is 471 Å². The number of carbonyl (C=O) groups excluding carboxylic acids is 3. The predicted molar refractivity (Wildman–Crippen MR) is 330 cm³/mol. The molecule has 0 amide bonds. The van der Waals surface area contributed by atoms with Gasteiger partial charge in [-0.2, -0.15) is 0 Å². The Morgan fingerprint density at radius 1 is 0.276 bits per heavy atom. The van der Waals surface area contributed by atoms with Crippen molar-refractivity contribution < 1.29 is 28.6 Å². The maximum absolute atomic E-state index is 12.8. The zero-order valence-electron chi connectivity index (χ0n) is 50.3. The van der Waals surface area contributed by atoms with Crippen molar-refractivity contribution in [1.29, 1.82) is 0 Å². The molecule has 0 heterocycles. The van der Waals surface area contributed by atoms with Gasteiger partial charge in [0.15, 0.2) is 6.10 Å². The molecular weight excluding hydrogens is 937 g/mol. The second kappa shape index (κ2) is 64.1. The molecule has 0 aromatic rings. The lowest BCUT2D eigenvalue weighted by molar-refractivity contribution is -0.167. The van der Waals surface area contributed by atoms with Crippen LogP contribution in [0.1, 0.15) is 323 Å². The van der Waals surface area contributed by atoms with Gasteiger partial charge in [-0.1, -0.05) is 298 Å². The van der Waals surface area contributed by atoms with Crippen LogP contribution in [0.4, 0.5) is 0 Å². The van der Waals surface area contributed by atoms with E-state index >= 15 is 0 Å². The molecule has 1 atom stereocenters. The van der Waals surface area contributed by atoms with E-state index in [1.54, 1.807) is 0 Å². The summed E-state index contributed by atoms with van der Waals surface area (Å²) in [6.45, 7) is 6.48. The highest BCUT2D eigenvalue weighted by Gasteiger charge is 2.19. The normalized spacial score (nSPS) is 12.6. The van der Waals surface area contributed by atoms with E-state index in [0.29, 0.717) is 19.3 Å². The molecule has 0 fully saturated rings. The van der Waals surface area contributed by atoms with Crippen molar-refractivity contribution in [3.8, 4) is 0 Å². The van der Waals surface area contributed by atoms with E-state index < -0.39 is 6.10 Å². The molecule has 0 rings (SSSR count). The maximum Gasteiger partial charge on any atom is 0.306 e. The van der Waals surface area contributed by atoms with Crippen LogP contribution in [-0.4, -0.2) is 37.2 Å². The third-order valence-electron chi connectivity index (χ3n) is 14.1. The highest BCUT2D eigenvalue weighted by molar-refractivity contribution is 5.71. The summed E-state index contributed by atoms with van der Waals surface area (Å²) < 4.78 is 16.9. The summed E-state index contributed by atoms with van der Waals surface area (Å²) in [7, 11) is 0. The van der Waals surface area contributed by atoms with Gasteiger partial charge in [-0.05, 0) is 89.9 Å². The first-order valence-electron chi connectivity index (χ1n) is 32.6. The van der Waals surface area contributed by atoms with E-state index in [-0.39, 0.29) is 31.1 Å². The molecular formula is C70H122O6. The van der Waals surface area contributed by atoms with Gasteiger partial charge in [-0.25, -0.2) is 0 Å². The van der Waals surface area contributed by atoms with E-state index in [1.807, 2.05) is 0 Å². The summed E-state index contributed by atoms with van der Waals surface area (Å²) in [6, 6.07) is 0. The Morgan fingerprint density at radius 2 is 0.539 bits per heavy atom. The minimum Gasteiger partial charge on any atom is -0.462 e. The Hall–Kier alpha value is -3.41. The molecule has 438 valence electrons. The standard InChI is InChI=1S/C70H122O6/c1-4-7-10-13-16-19-22-25-26-27-28-29-30-31-32-33-34-35-36-37-38-39-40-41-42-43-44-46-48-51-54-57-60-63-69(72)75-66-67(65-74-68(71)62-59-56-53-50-47-24-21-18-15-12-9-6-3)76-70(73)64-61-58-55-52-49-45-23-20-17-14-11-8-5-2/h7,10-11,14,16,19-20,23,25-26,28-29,31-32,67H,4-6,8-9,12-13,15,17-18,21-22,24,27,30,33-66H2,1-3H3/b10-7-,14-11-,19-16-,23-20-,26-25-,29-28-,32-31-. The fourth-order valence-corrected chi connectivity index (χ4v) is 9.27. The maximum atomic E-state index is 12.8. The minimum atomic E-state index is -0.780. The van der Waals surface area contributed by atoms with Crippen molar-refractivity contribution in [2.75, 3.05) is 13.2 Å². The van der Waals surface area contributed by atoms with Gasteiger partial charge in [0.2, 0.25) is 0 Å². The molecule has 6 nitrogen and oxygen atoms in total. The second-order valence-electron chi connectivity index (χ2n) is 21.6. The fraction of sp³-hybridized carbons (Fsp3) is 0.757. The predicted octanol–water partition coefficient (Wildman–Crippen LogP) is 22.3. The van der Waals surface area contributed by atoms with Crippen molar-refractivity contribution in [3.63, 3.8) is 0 Å². The monoisotopic (exact) mass is 1060 g/mol. The van der Waals surface area contributed by atoms with E-state index in [9.17, 15) is 14.4 Å².